The molecule has 6 heteroatoms. The molecular formula is C27H28ClFN2O2. The highest BCUT2D eigenvalue weighted by Gasteiger charge is 2.23. The number of halogens is 2. The van der Waals surface area contributed by atoms with Crippen LogP contribution in [0.25, 0.3) is 0 Å². The summed E-state index contributed by atoms with van der Waals surface area (Å²) in [6, 6.07) is 18.4. The Morgan fingerprint density at radius 1 is 0.939 bits per heavy atom. The van der Waals surface area contributed by atoms with Gasteiger partial charge in [-0.2, -0.15) is 0 Å². The van der Waals surface area contributed by atoms with E-state index in [-0.39, 0.29) is 11.7 Å². The van der Waals surface area contributed by atoms with Crippen molar-refractivity contribution in [3.05, 3.63) is 99.3 Å². The van der Waals surface area contributed by atoms with Gasteiger partial charge in [-0.1, -0.05) is 48.0 Å². The molecule has 4 rings (SSSR count). The van der Waals surface area contributed by atoms with Gasteiger partial charge < -0.3 is 9.64 Å². The van der Waals surface area contributed by atoms with Gasteiger partial charge in [-0.25, -0.2) is 4.39 Å². The summed E-state index contributed by atoms with van der Waals surface area (Å²) in [5.74, 6) is 0.635. The quantitative estimate of drug-likeness (QED) is 0.471. The van der Waals surface area contributed by atoms with Crippen molar-refractivity contribution < 1.29 is 13.9 Å². The molecule has 1 aliphatic heterocycles. The second-order valence-electron chi connectivity index (χ2n) is 8.48. The standard InChI is InChI=1S/C27H28ClFN2O2/c1-19-5-3-6-20(2)26(19)33-18-21-9-11-22(12-10-21)27(32)31-15-13-30(14-16-31)17-23-24(28)7-4-8-25(23)29/h3-12H,13-18H2,1-2H3. The van der Waals surface area contributed by atoms with Crippen LogP contribution >= 0.6 is 11.6 Å². The van der Waals surface area contributed by atoms with Crippen LogP contribution in [0.5, 0.6) is 5.75 Å². The van der Waals surface area contributed by atoms with E-state index < -0.39 is 0 Å². The molecule has 0 bridgehead atoms. The van der Waals surface area contributed by atoms with Gasteiger partial charge in [0.05, 0.1) is 0 Å². The van der Waals surface area contributed by atoms with Gasteiger partial charge >= 0.3 is 0 Å². The molecule has 172 valence electrons. The lowest BCUT2D eigenvalue weighted by Crippen LogP contribution is -2.48. The number of para-hydroxylation sites is 1. The van der Waals surface area contributed by atoms with Gasteiger partial charge in [0.15, 0.2) is 0 Å². The predicted octanol–water partition coefficient (Wildman–Crippen LogP) is 5.63. The molecule has 0 atom stereocenters. The van der Waals surface area contributed by atoms with E-state index in [0.717, 1.165) is 22.4 Å². The number of benzene rings is 3. The Morgan fingerprint density at radius 2 is 1.58 bits per heavy atom. The lowest BCUT2D eigenvalue weighted by molar-refractivity contribution is 0.0627. The van der Waals surface area contributed by atoms with E-state index >= 15 is 0 Å². The van der Waals surface area contributed by atoms with Crippen molar-refractivity contribution in [2.24, 2.45) is 0 Å². The first-order valence-corrected chi connectivity index (χ1v) is 11.5. The summed E-state index contributed by atoms with van der Waals surface area (Å²) < 4.78 is 20.1. The van der Waals surface area contributed by atoms with Gasteiger partial charge in [-0.15, -0.1) is 0 Å². The number of hydrogen-bond donors (Lipinski definition) is 0. The molecule has 1 fully saturated rings. The summed E-state index contributed by atoms with van der Waals surface area (Å²) in [5.41, 5.74) is 4.41. The first-order valence-electron chi connectivity index (χ1n) is 11.1. The van der Waals surface area contributed by atoms with E-state index in [2.05, 4.69) is 4.90 Å². The zero-order chi connectivity index (χ0) is 23.4. The Kier molecular flexibility index (Phi) is 7.31. The fraction of sp³-hybridized carbons (Fsp3) is 0.296. The molecule has 1 aliphatic rings. The van der Waals surface area contributed by atoms with Gasteiger partial charge in [-0.05, 0) is 54.8 Å². The zero-order valence-electron chi connectivity index (χ0n) is 19.0. The van der Waals surface area contributed by atoms with Gasteiger partial charge in [0.2, 0.25) is 0 Å². The lowest BCUT2D eigenvalue weighted by atomic mass is 10.1. The maximum Gasteiger partial charge on any atom is 0.253 e. The van der Waals surface area contributed by atoms with E-state index in [1.807, 2.05) is 61.2 Å². The Balaban J connectivity index is 1.31. The van der Waals surface area contributed by atoms with Crippen LogP contribution in [0.15, 0.2) is 60.7 Å². The molecule has 0 aliphatic carbocycles. The Bertz CT molecular complexity index is 1080. The van der Waals surface area contributed by atoms with Crippen LogP contribution in [-0.2, 0) is 13.2 Å². The van der Waals surface area contributed by atoms with Crippen molar-refractivity contribution in [3.63, 3.8) is 0 Å². The zero-order valence-corrected chi connectivity index (χ0v) is 19.7. The van der Waals surface area contributed by atoms with Crippen LogP contribution in [0.3, 0.4) is 0 Å². The second kappa shape index (κ2) is 10.4. The molecule has 0 aromatic heterocycles. The number of carbonyl (C=O) groups is 1. The number of rotatable bonds is 6. The third kappa shape index (κ3) is 5.55. The molecule has 1 heterocycles. The average molecular weight is 467 g/mol. The maximum absolute atomic E-state index is 14.1. The monoisotopic (exact) mass is 466 g/mol. The van der Waals surface area contributed by atoms with Crippen LogP contribution in [-0.4, -0.2) is 41.9 Å². The smallest absolute Gasteiger partial charge is 0.253 e. The summed E-state index contributed by atoms with van der Waals surface area (Å²) >= 11 is 6.15. The molecule has 1 amide bonds. The van der Waals surface area contributed by atoms with Gasteiger partial charge in [0, 0.05) is 48.9 Å². The minimum atomic E-state index is -0.289. The number of amides is 1. The fourth-order valence-electron chi connectivity index (χ4n) is 4.12. The third-order valence-corrected chi connectivity index (χ3v) is 6.45. The van der Waals surface area contributed by atoms with Crippen molar-refractivity contribution in [2.75, 3.05) is 26.2 Å². The first-order chi connectivity index (χ1) is 15.9. The van der Waals surface area contributed by atoms with Crippen molar-refractivity contribution in [1.29, 1.82) is 0 Å². The normalized spacial score (nSPS) is 14.4. The number of ether oxygens (including phenoxy) is 1. The summed E-state index contributed by atoms with van der Waals surface area (Å²) in [6.07, 6.45) is 0. The second-order valence-corrected chi connectivity index (χ2v) is 8.88. The van der Waals surface area contributed by atoms with E-state index in [0.29, 0.717) is 55.5 Å². The maximum atomic E-state index is 14.1. The van der Waals surface area contributed by atoms with Crippen molar-refractivity contribution >= 4 is 17.5 Å². The van der Waals surface area contributed by atoms with Crippen molar-refractivity contribution in [1.82, 2.24) is 9.80 Å². The first kappa shape index (κ1) is 23.3. The highest BCUT2D eigenvalue weighted by atomic mass is 35.5. The van der Waals surface area contributed by atoms with Crippen LogP contribution in [0.2, 0.25) is 5.02 Å². The molecular weight excluding hydrogens is 439 g/mol. The predicted molar refractivity (Wildman–Crippen MR) is 129 cm³/mol. The minimum Gasteiger partial charge on any atom is -0.488 e. The molecule has 4 nitrogen and oxygen atoms in total. The summed E-state index contributed by atoms with van der Waals surface area (Å²) in [7, 11) is 0. The third-order valence-electron chi connectivity index (χ3n) is 6.10. The number of nitrogens with zero attached hydrogens (tertiary/aromatic N) is 2. The SMILES string of the molecule is Cc1cccc(C)c1OCc1ccc(C(=O)N2CCN(Cc3c(F)cccc3Cl)CC2)cc1. The largest absolute Gasteiger partial charge is 0.488 e. The van der Waals surface area contributed by atoms with Gasteiger partial charge in [0.25, 0.3) is 5.91 Å². The van der Waals surface area contributed by atoms with Crippen LogP contribution in [0, 0.1) is 19.7 Å². The van der Waals surface area contributed by atoms with E-state index in [1.54, 1.807) is 12.1 Å². The van der Waals surface area contributed by atoms with Crippen LogP contribution < -0.4 is 4.74 Å². The van der Waals surface area contributed by atoms with E-state index in [1.165, 1.54) is 6.07 Å². The van der Waals surface area contributed by atoms with Gasteiger partial charge in [-0.3, -0.25) is 9.69 Å². The van der Waals surface area contributed by atoms with Gasteiger partial charge in [0.1, 0.15) is 18.2 Å². The van der Waals surface area contributed by atoms with Crippen LogP contribution in [0.1, 0.15) is 32.6 Å². The van der Waals surface area contributed by atoms with Crippen molar-refractivity contribution in [3.8, 4) is 5.75 Å². The van der Waals surface area contributed by atoms with Crippen LogP contribution in [0.4, 0.5) is 4.39 Å². The molecule has 0 saturated carbocycles. The fourth-order valence-corrected chi connectivity index (χ4v) is 4.35. The summed E-state index contributed by atoms with van der Waals surface area (Å²) in [5, 5.41) is 0.440. The lowest BCUT2D eigenvalue weighted by Gasteiger charge is -2.35. The minimum absolute atomic E-state index is 0.0146. The summed E-state index contributed by atoms with van der Waals surface area (Å²) in [6.45, 7) is 7.53. The molecule has 0 spiro atoms. The molecule has 33 heavy (non-hydrogen) atoms. The molecule has 1 saturated heterocycles. The highest BCUT2D eigenvalue weighted by molar-refractivity contribution is 6.31. The highest BCUT2D eigenvalue weighted by Crippen LogP contribution is 2.24. The number of hydrogen-bond acceptors (Lipinski definition) is 3. The van der Waals surface area contributed by atoms with Crippen molar-refractivity contribution in [2.45, 2.75) is 27.0 Å². The van der Waals surface area contributed by atoms with E-state index in [9.17, 15) is 9.18 Å². The number of piperazine rings is 1. The Hall–Kier alpha value is -2.89. The Morgan fingerprint density at radius 3 is 2.21 bits per heavy atom. The molecule has 0 N–H and O–H groups in total. The molecule has 3 aromatic rings. The number of aryl methyl sites for hydroxylation is 2. The Labute approximate surface area is 199 Å². The van der Waals surface area contributed by atoms with E-state index in [4.69, 9.17) is 16.3 Å². The molecule has 0 unspecified atom stereocenters. The molecule has 3 aromatic carbocycles. The average Bonchev–Trinajstić information content (AvgIpc) is 2.82. The molecule has 0 radical (unpaired) electrons. The number of carbonyl (C=O) groups excluding carboxylic acids is 1. The summed E-state index contributed by atoms with van der Waals surface area (Å²) in [4.78, 5) is 16.9. The topological polar surface area (TPSA) is 32.8 Å².